The van der Waals surface area contributed by atoms with Crippen LogP contribution in [0.1, 0.15) is 5.56 Å². The number of para-hydroxylation sites is 1. The van der Waals surface area contributed by atoms with Crippen molar-refractivity contribution in [3.05, 3.63) is 53.8 Å². The molecule has 5 nitrogen and oxygen atoms in total. The number of aromatic hydroxyl groups is 2. The molecule has 2 aromatic carbocycles. The van der Waals surface area contributed by atoms with Gasteiger partial charge in [0, 0.05) is 10.5 Å². The highest BCUT2D eigenvalue weighted by Gasteiger charge is 2.06. The van der Waals surface area contributed by atoms with Crippen molar-refractivity contribution in [1.82, 2.24) is 5.43 Å². The largest absolute Gasteiger partial charge is 0.504 e. The Morgan fingerprint density at radius 1 is 1.23 bits per heavy atom. The number of phenolic OH excluding ortho intramolecular Hbond substituents is 2. The second-order valence-electron chi connectivity index (χ2n) is 4.23. The monoisotopic (exact) mass is 320 g/mol. The first kappa shape index (κ1) is 15.8. The lowest BCUT2D eigenvalue weighted by molar-refractivity contribution is -0.118. The van der Waals surface area contributed by atoms with Crippen molar-refractivity contribution >= 4 is 23.9 Å². The third-order valence-corrected chi connectivity index (χ3v) is 3.68. The summed E-state index contributed by atoms with van der Waals surface area (Å²) >= 11 is 1.06. The lowest BCUT2D eigenvalue weighted by Crippen LogP contribution is -2.19. The number of amides is 1. The van der Waals surface area contributed by atoms with Crippen LogP contribution in [0.2, 0.25) is 0 Å². The number of nitrogens with zero attached hydrogens (tertiary/aromatic N) is 1. The average Bonchev–Trinajstić information content (AvgIpc) is 2.51. The molecule has 0 atom stereocenters. The molecule has 0 saturated heterocycles. The molecule has 0 spiro atoms. The van der Waals surface area contributed by atoms with E-state index in [0.717, 1.165) is 11.8 Å². The van der Waals surface area contributed by atoms with Crippen molar-refractivity contribution in [2.75, 3.05) is 5.75 Å². The minimum atomic E-state index is -0.413. The van der Waals surface area contributed by atoms with Gasteiger partial charge in [-0.25, -0.2) is 9.82 Å². The quantitative estimate of drug-likeness (QED) is 0.342. The van der Waals surface area contributed by atoms with E-state index in [1.165, 1.54) is 30.5 Å². The predicted octanol–water partition coefficient (Wildman–Crippen LogP) is 2.48. The molecule has 114 valence electrons. The van der Waals surface area contributed by atoms with Crippen LogP contribution in [-0.2, 0) is 4.79 Å². The molecule has 0 unspecified atom stereocenters. The summed E-state index contributed by atoms with van der Waals surface area (Å²) in [4.78, 5) is 12.0. The first-order valence-corrected chi connectivity index (χ1v) is 7.26. The Hall–Kier alpha value is -2.54. The van der Waals surface area contributed by atoms with E-state index in [2.05, 4.69) is 10.5 Å². The second kappa shape index (κ2) is 7.46. The number of nitrogens with one attached hydrogen (secondary N) is 1. The second-order valence-corrected chi connectivity index (χ2v) is 5.24. The number of carbonyl (C=O) groups excluding carboxylic acids is 1. The summed E-state index contributed by atoms with van der Waals surface area (Å²) in [7, 11) is 0. The molecular formula is C15H13FN2O3S. The maximum absolute atomic E-state index is 13.4. The van der Waals surface area contributed by atoms with Gasteiger partial charge in [0.2, 0.25) is 5.91 Å². The minimum absolute atomic E-state index is 0.00426. The van der Waals surface area contributed by atoms with Gasteiger partial charge in [-0.05, 0) is 24.3 Å². The molecule has 2 aromatic rings. The third-order valence-electron chi connectivity index (χ3n) is 2.63. The van der Waals surface area contributed by atoms with Crippen LogP contribution < -0.4 is 5.43 Å². The lowest BCUT2D eigenvalue weighted by Gasteiger charge is -2.02. The molecule has 1 amide bonds. The molecule has 0 aliphatic carbocycles. The van der Waals surface area contributed by atoms with Gasteiger partial charge < -0.3 is 10.2 Å². The van der Waals surface area contributed by atoms with Gasteiger partial charge in [0.1, 0.15) is 5.82 Å². The number of benzene rings is 2. The third kappa shape index (κ3) is 4.23. The number of carbonyl (C=O) groups is 1. The Balaban J connectivity index is 1.86. The summed E-state index contributed by atoms with van der Waals surface area (Å²) in [6.45, 7) is 0. The molecule has 0 aliphatic heterocycles. The van der Waals surface area contributed by atoms with Crippen LogP contribution in [0.3, 0.4) is 0 Å². The molecule has 0 bridgehead atoms. The average molecular weight is 320 g/mol. The molecule has 2 rings (SSSR count). The van der Waals surface area contributed by atoms with Gasteiger partial charge in [-0.1, -0.05) is 18.2 Å². The van der Waals surface area contributed by atoms with Gasteiger partial charge in [0.25, 0.3) is 0 Å². The van der Waals surface area contributed by atoms with Crippen molar-refractivity contribution in [3.8, 4) is 11.5 Å². The Morgan fingerprint density at radius 3 is 2.77 bits per heavy atom. The van der Waals surface area contributed by atoms with Gasteiger partial charge >= 0.3 is 0 Å². The minimum Gasteiger partial charge on any atom is -0.504 e. The SMILES string of the molecule is O=C(CSc1ccccc1F)N/N=C/c1cccc(O)c1O. The zero-order valence-corrected chi connectivity index (χ0v) is 12.2. The van der Waals surface area contributed by atoms with E-state index in [1.807, 2.05) is 0 Å². The van der Waals surface area contributed by atoms with E-state index in [0.29, 0.717) is 4.90 Å². The molecule has 22 heavy (non-hydrogen) atoms. The van der Waals surface area contributed by atoms with Crippen molar-refractivity contribution in [1.29, 1.82) is 0 Å². The van der Waals surface area contributed by atoms with E-state index in [-0.39, 0.29) is 28.6 Å². The maximum Gasteiger partial charge on any atom is 0.250 e. The van der Waals surface area contributed by atoms with Gasteiger partial charge in [0.05, 0.1) is 12.0 Å². The van der Waals surface area contributed by atoms with Gasteiger partial charge in [0.15, 0.2) is 11.5 Å². The summed E-state index contributed by atoms with van der Waals surface area (Å²) in [6, 6.07) is 10.6. The summed E-state index contributed by atoms with van der Waals surface area (Å²) in [5, 5.41) is 22.5. The van der Waals surface area contributed by atoms with Gasteiger partial charge in [-0.2, -0.15) is 5.10 Å². The van der Waals surface area contributed by atoms with Crippen LogP contribution in [0.4, 0.5) is 4.39 Å². The number of halogens is 1. The zero-order chi connectivity index (χ0) is 15.9. The molecule has 0 heterocycles. The van der Waals surface area contributed by atoms with E-state index in [9.17, 15) is 19.4 Å². The standard InChI is InChI=1S/C15H13FN2O3S/c16-11-5-1-2-7-13(11)22-9-14(20)18-17-8-10-4-3-6-12(19)15(10)21/h1-8,19,21H,9H2,(H,18,20)/b17-8+. The smallest absolute Gasteiger partial charge is 0.250 e. The summed E-state index contributed by atoms with van der Waals surface area (Å²) in [5.41, 5.74) is 2.53. The summed E-state index contributed by atoms with van der Waals surface area (Å²) in [5.74, 6) is -1.38. The summed E-state index contributed by atoms with van der Waals surface area (Å²) < 4.78 is 13.4. The molecule has 7 heteroatoms. The molecule has 3 N–H and O–H groups in total. The number of rotatable bonds is 5. The van der Waals surface area contributed by atoms with Crippen molar-refractivity contribution in [3.63, 3.8) is 0 Å². The molecular weight excluding hydrogens is 307 g/mol. The molecule has 0 aromatic heterocycles. The fraction of sp³-hybridized carbons (Fsp3) is 0.0667. The lowest BCUT2D eigenvalue weighted by atomic mass is 10.2. The number of thioether (sulfide) groups is 1. The number of hydrazone groups is 1. The highest BCUT2D eigenvalue weighted by Crippen LogP contribution is 2.26. The Bertz CT molecular complexity index is 707. The van der Waals surface area contributed by atoms with Crippen LogP contribution in [0, 0.1) is 5.82 Å². The first-order valence-electron chi connectivity index (χ1n) is 6.28. The Kier molecular flexibility index (Phi) is 5.37. The Morgan fingerprint density at radius 2 is 2.00 bits per heavy atom. The van der Waals surface area contributed by atoms with Crippen LogP contribution in [0.5, 0.6) is 11.5 Å². The molecule has 0 fully saturated rings. The van der Waals surface area contributed by atoms with E-state index >= 15 is 0 Å². The van der Waals surface area contributed by atoms with E-state index in [1.54, 1.807) is 18.2 Å². The van der Waals surface area contributed by atoms with Crippen LogP contribution in [-0.4, -0.2) is 28.1 Å². The van der Waals surface area contributed by atoms with Gasteiger partial charge in [-0.3, -0.25) is 4.79 Å². The van der Waals surface area contributed by atoms with Crippen LogP contribution >= 0.6 is 11.8 Å². The zero-order valence-electron chi connectivity index (χ0n) is 11.4. The molecule has 0 radical (unpaired) electrons. The van der Waals surface area contributed by atoms with Crippen LogP contribution in [0.25, 0.3) is 0 Å². The number of phenols is 2. The highest BCUT2D eigenvalue weighted by molar-refractivity contribution is 8.00. The van der Waals surface area contributed by atoms with Gasteiger partial charge in [-0.15, -0.1) is 11.8 Å². The summed E-state index contributed by atoms with van der Waals surface area (Å²) in [6.07, 6.45) is 1.21. The fourth-order valence-corrected chi connectivity index (χ4v) is 2.30. The van der Waals surface area contributed by atoms with Crippen molar-refractivity contribution < 1.29 is 19.4 Å². The first-order chi connectivity index (χ1) is 10.6. The van der Waals surface area contributed by atoms with Crippen LogP contribution in [0.15, 0.2) is 52.5 Å². The number of hydrogen-bond acceptors (Lipinski definition) is 5. The predicted molar refractivity (Wildman–Crippen MR) is 82.6 cm³/mol. The van der Waals surface area contributed by atoms with Crippen molar-refractivity contribution in [2.45, 2.75) is 4.90 Å². The normalized spacial score (nSPS) is 10.8. The maximum atomic E-state index is 13.4. The molecule has 0 saturated carbocycles. The van der Waals surface area contributed by atoms with E-state index in [4.69, 9.17) is 0 Å². The van der Waals surface area contributed by atoms with Crippen molar-refractivity contribution in [2.24, 2.45) is 5.10 Å². The topological polar surface area (TPSA) is 81.9 Å². The molecule has 0 aliphatic rings. The van der Waals surface area contributed by atoms with E-state index < -0.39 is 5.91 Å². The number of hydrogen-bond donors (Lipinski definition) is 3. The fourth-order valence-electron chi connectivity index (χ4n) is 1.56. The highest BCUT2D eigenvalue weighted by atomic mass is 32.2. The Labute approximate surface area is 130 Å².